The summed E-state index contributed by atoms with van der Waals surface area (Å²) in [6.07, 6.45) is 12.9. The van der Waals surface area contributed by atoms with Crippen LogP contribution < -0.4 is 0 Å². The van der Waals surface area contributed by atoms with Gasteiger partial charge in [-0.05, 0) is 68.6 Å². The minimum atomic E-state index is -0.301. The number of fused-ring (bicyclic) bond motifs is 6. The van der Waals surface area contributed by atoms with Crippen LogP contribution in [-0.2, 0) is 9.47 Å². The zero-order valence-corrected chi connectivity index (χ0v) is 18.8. The fraction of sp³-hybridized carbons (Fsp3) is 0.833. The van der Waals surface area contributed by atoms with Gasteiger partial charge in [0.05, 0.1) is 17.3 Å². The number of hydrogen-bond donors (Lipinski definition) is 0. The van der Waals surface area contributed by atoms with E-state index in [0.29, 0.717) is 4.08 Å². The van der Waals surface area contributed by atoms with Crippen molar-refractivity contribution in [3.8, 4) is 0 Å². The van der Waals surface area contributed by atoms with E-state index in [9.17, 15) is 0 Å². The Morgan fingerprint density at radius 2 is 1.89 bits per heavy atom. The zero-order chi connectivity index (χ0) is 19.0. The molecular formula is C24H34O2S2. The number of rotatable bonds is 1. The van der Waals surface area contributed by atoms with Gasteiger partial charge in [-0.3, -0.25) is 0 Å². The van der Waals surface area contributed by atoms with E-state index in [0.717, 1.165) is 49.7 Å². The topological polar surface area (TPSA) is 18.5 Å². The molecule has 5 unspecified atom stereocenters. The molecule has 4 heteroatoms. The minimum Gasteiger partial charge on any atom is -0.347 e. The summed E-state index contributed by atoms with van der Waals surface area (Å²) in [4.78, 5) is 0. The molecule has 2 saturated heterocycles. The largest absolute Gasteiger partial charge is 0.347 e. The van der Waals surface area contributed by atoms with Crippen molar-refractivity contribution in [2.75, 3.05) is 24.7 Å². The highest BCUT2D eigenvalue weighted by Gasteiger charge is 2.67. The van der Waals surface area contributed by atoms with E-state index in [-0.39, 0.29) is 11.2 Å². The molecule has 6 aliphatic rings. The van der Waals surface area contributed by atoms with Crippen molar-refractivity contribution in [1.29, 1.82) is 0 Å². The molecule has 0 aromatic carbocycles. The first-order valence-electron chi connectivity index (χ1n) is 11.6. The van der Waals surface area contributed by atoms with Crippen LogP contribution in [0, 0.1) is 29.1 Å². The smallest absolute Gasteiger partial charge is 0.174 e. The molecule has 3 saturated carbocycles. The maximum atomic E-state index is 6.38. The molecule has 5 atom stereocenters. The maximum absolute atomic E-state index is 6.38. The van der Waals surface area contributed by atoms with Gasteiger partial charge in [0.2, 0.25) is 0 Å². The van der Waals surface area contributed by atoms with Crippen LogP contribution >= 0.6 is 23.5 Å². The monoisotopic (exact) mass is 418 g/mol. The van der Waals surface area contributed by atoms with Gasteiger partial charge >= 0.3 is 0 Å². The molecule has 0 bridgehead atoms. The lowest BCUT2D eigenvalue weighted by Gasteiger charge is -2.57. The minimum absolute atomic E-state index is 0.177. The molecule has 2 aliphatic heterocycles. The molecule has 0 amide bonds. The summed E-state index contributed by atoms with van der Waals surface area (Å²) < 4.78 is 13.2. The van der Waals surface area contributed by atoms with Crippen LogP contribution in [0.5, 0.6) is 0 Å². The van der Waals surface area contributed by atoms with E-state index in [1.165, 1.54) is 55.6 Å². The van der Waals surface area contributed by atoms with Crippen molar-refractivity contribution in [2.24, 2.45) is 29.1 Å². The van der Waals surface area contributed by atoms with Crippen LogP contribution in [-0.4, -0.2) is 34.6 Å². The van der Waals surface area contributed by atoms with Gasteiger partial charge < -0.3 is 9.47 Å². The van der Waals surface area contributed by atoms with Crippen molar-refractivity contribution in [1.82, 2.24) is 0 Å². The van der Waals surface area contributed by atoms with E-state index in [4.69, 9.17) is 16.1 Å². The molecule has 28 heavy (non-hydrogen) atoms. The van der Waals surface area contributed by atoms with Crippen LogP contribution in [0.3, 0.4) is 0 Å². The van der Waals surface area contributed by atoms with Gasteiger partial charge in [0, 0.05) is 23.3 Å². The molecule has 0 aromatic heterocycles. The van der Waals surface area contributed by atoms with Crippen molar-refractivity contribution in [3.05, 3.63) is 23.8 Å². The third-order valence-electron chi connectivity index (χ3n) is 9.29. The first-order chi connectivity index (χ1) is 13.6. The first-order valence-corrected chi connectivity index (χ1v) is 13.5. The first kappa shape index (κ1) is 18.8. The summed E-state index contributed by atoms with van der Waals surface area (Å²) in [7, 11) is 0. The Hall–Kier alpha value is 0.100. The second-order valence-electron chi connectivity index (χ2n) is 10.0. The average molecular weight is 419 g/mol. The van der Waals surface area contributed by atoms with Gasteiger partial charge in [-0.25, -0.2) is 0 Å². The molecule has 6 rings (SSSR count). The molecule has 4 aliphatic carbocycles. The summed E-state index contributed by atoms with van der Waals surface area (Å²) >= 11 is 4.43. The number of ether oxygens (including phenoxy) is 2. The number of hydrogen-bond acceptors (Lipinski definition) is 4. The highest BCUT2D eigenvalue weighted by molar-refractivity contribution is 8.21. The van der Waals surface area contributed by atoms with Gasteiger partial charge in [-0.1, -0.05) is 30.7 Å². The zero-order valence-electron chi connectivity index (χ0n) is 17.2. The Morgan fingerprint density at radius 1 is 1.11 bits per heavy atom. The van der Waals surface area contributed by atoms with E-state index >= 15 is 0 Å². The molecule has 154 valence electrons. The van der Waals surface area contributed by atoms with Crippen molar-refractivity contribution in [3.63, 3.8) is 0 Å². The number of allylic oxidation sites excluding steroid dienone is 2. The fourth-order valence-corrected chi connectivity index (χ4v) is 11.5. The van der Waals surface area contributed by atoms with E-state index in [1.807, 2.05) is 0 Å². The predicted molar refractivity (Wildman–Crippen MR) is 119 cm³/mol. The summed E-state index contributed by atoms with van der Waals surface area (Å²) in [5.74, 6) is 5.42. The summed E-state index contributed by atoms with van der Waals surface area (Å²) in [5.41, 5.74) is 3.50. The lowest BCUT2D eigenvalue weighted by Crippen LogP contribution is -2.55. The average Bonchev–Trinajstić information content (AvgIpc) is 3.43. The van der Waals surface area contributed by atoms with Crippen molar-refractivity contribution >= 4 is 23.5 Å². The third-order valence-corrected chi connectivity index (χ3v) is 12.7. The molecule has 2 heterocycles. The van der Waals surface area contributed by atoms with Crippen LogP contribution in [0.15, 0.2) is 23.8 Å². The lowest BCUT2D eigenvalue weighted by molar-refractivity contribution is -0.242. The second-order valence-corrected chi connectivity index (χ2v) is 13.2. The summed E-state index contributed by atoms with van der Waals surface area (Å²) in [5, 5.41) is 0. The van der Waals surface area contributed by atoms with E-state index in [2.05, 4.69) is 36.5 Å². The fourth-order valence-electron chi connectivity index (χ4n) is 8.33. The van der Waals surface area contributed by atoms with Gasteiger partial charge in [0.15, 0.2) is 5.79 Å². The van der Waals surface area contributed by atoms with Crippen LogP contribution in [0.25, 0.3) is 0 Å². The molecule has 0 radical (unpaired) electrons. The maximum Gasteiger partial charge on any atom is 0.174 e. The Kier molecular flexibility index (Phi) is 4.40. The van der Waals surface area contributed by atoms with E-state index in [1.54, 1.807) is 5.57 Å². The molecule has 2 nitrogen and oxygen atoms in total. The molecule has 0 aromatic rings. The van der Waals surface area contributed by atoms with Crippen LogP contribution in [0.1, 0.15) is 58.3 Å². The highest BCUT2D eigenvalue weighted by atomic mass is 32.2. The molecule has 5 fully saturated rings. The molecular weight excluding hydrogens is 384 g/mol. The Bertz CT molecular complexity index is 703. The normalized spacial score (nSPS) is 45.8. The van der Waals surface area contributed by atoms with Gasteiger partial charge in [0.25, 0.3) is 0 Å². The van der Waals surface area contributed by atoms with Gasteiger partial charge in [0.1, 0.15) is 0 Å². The summed E-state index contributed by atoms with van der Waals surface area (Å²) in [6, 6.07) is 0. The lowest BCUT2D eigenvalue weighted by atomic mass is 9.49. The molecule has 0 N–H and O–H groups in total. The highest BCUT2D eigenvalue weighted by Crippen LogP contribution is 2.69. The SMILES string of the molecule is C=C1CC2(CC)C(CCC23OCCO3)C2CCC3=CC4(CCC3C12)SCCS4. The molecule has 2 spiro atoms. The standard InChI is InChI=1S/C24H34O2S2/c1-3-22-14-16(2)21-18-6-8-23(27-12-13-28-23)15-17(18)4-5-19(21)20(22)7-9-24(22)25-10-11-26-24/h15,18-21H,2-14H2,1H3. The van der Waals surface area contributed by atoms with Gasteiger partial charge in [-0.2, -0.15) is 0 Å². The van der Waals surface area contributed by atoms with Gasteiger partial charge in [-0.15, -0.1) is 23.5 Å². The van der Waals surface area contributed by atoms with E-state index < -0.39 is 0 Å². The van der Waals surface area contributed by atoms with Crippen molar-refractivity contribution in [2.45, 2.75) is 68.2 Å². The Balaban J connectivity index is 1.34. The second kappa shape index (κ2) is 6.55. The van der Waals surface area contributed by atoms with Crippen LogP contribution in [0.4, 0.5) is 0 Å². The third kappa shape index (κ3) is 2.38. The quantitative estimate of drug-likeness (QED) is 0.483. The summed E-state index contributed by atoms with van der Waals surface area (Å²) in [6.45, 7) is 8.68. The Morgan fingerprint density at radius 3 is 2.64 bits per heavy atom. The number of thioether (sulfide) groups is 2. The van der Waals surface area contributed by atoms with Crippen LogP contribution in [0.2, 0.25) is 0 Å². The predicted octanol–water partition coefficient (Wildman–Crippen LogP) is 6.03. The Labute approximate surface area is 178 Å². The van der Waals surface area contributed by atoms with Crippen molar-refractivity contribution < 1.29 is 9.47 Å².